The summed E-state index contributed by atoms with van der Waals surface area (Å²) in [5, 5.41) is 5.61. The summed E-state index contributed by atoms with van der Waals surface area (Å²) >= 11 is 1.06. The minimum atomic E-state index is -0.446. The Labute approximate surface area is 167 Å². The zero-order chi connectivity index (χ0) is 19.9. The quantitative estimate of drug-likeness (QED) is 0.770. The summed E-state index contributed by atoms with van der Waals surface area (Å²) in [6.45, 7) is 0.520. The summed E-state index contributed by atoms with van der Waals surface area (Å²) < 4.78 is 17.4. The van der Waals surface area contributed by atoms with E-state index in [1.54, 1.807) is 24.1 Å². The van der Waals surface area contributed by atoms with Crippen molar-refractivity contribution in [1.82, 2.24) is 19.6 Å². The Morgan fingerprint density at radius 2 is 2.07 bits per heavy atom. The third-order valence-electron chi connectivity index (χ3n) is 4.74. The normalized spacial score (nSPS) is 14.5. The Hall–Kier alpha value is -2.55. The highest BCUT2D eigenvalue weighted by molar-refractivity contribution is 7.09. The van der Waals surface area contributed by atoms with E-state index in [-0.39, 0.29) is 24.2 Å². The predicted octanol–water partition coefficient (Wildman–Crippen LogP) is 3.54. The Kier molecular flexibility index (Phi) is 6.91. The van der Waals surface area contributed by atoms with Crippen molar-refractivity contribution in [2.45, 2.75) is 45.2 Å². The molecule has 1 saturated carbocycles. The van der Waals surface area contributed by atoms with Gasteiger partial charge in [-0.15, -0.1) is 0 Å². The molecule has 3 amide bonds. The zero-order valence-corrected chi connectivity index (χ0v) is 16.6. The van der Waals surface area contributed by atoms with E-state index in [0.29, 0.717) is 23.1 Å². The second-order valence-electron chi connectivity index (χ2n) is 6.98. The van der Waals surface area contributed by atoms with Crippen LogP contribution in [0.5, 0.6) is 0 Å². The molecule has 0 unspecified atom stereocenters. The average molecular weight is 405 g/mol. The smallest absolute Gasteiger partial charge is 0.321 e. The highest BCUT2D eigenvalue weighted by Crippen LogP contribution is 2.25. The fraction of sp³-hybridized carbons (Fsp3) is 0.474. The van der Waals surface area contributed by atoms with E-state index in [2.05, 4.69) is 20.0 Å². The Balaban J connectivity index is 1.46. The van der Waals surface area contributed by atoms with Crippen LogP contribution in [0.2, 0.25) is 0 Å². The SMILES string of the molecule is CN(Cc1nsc(NC(=O)NCc2cccc(F)c2)n1)C(=O)C1CCCCC1. The van der Waals surface area contributed by atoms with E-state index >= 15 is 0 Å². The standard InChI is InChI=1S/C19H24FN5O2S/c1-25(17(26)14-7-3-2-4-8-14)12-16-22-19(28-24-16)23-18(27)21-11-13-6-5-9-15(20)10-13/h5-6,9-10,14H,2-4,7-8,11-12H2,1H3,(H2,21,22,23,24,27). The molecule has 2 N–H and O–H groups in total. The number of benzene rings is 1. The molecule has 0 spiro atoms. The van der Waals surface area contributed by atoms with Gasteiger partial charge in [0.05, 0.1) is 6.54 Å². The van der Waals surface area contributed by atoms with Crippen LogP contribution in [0.15, 0.2) is 24.3 Å². The maximum Gasteiger partial charge on any atom is 0.321 e. The van der Waals surface area contributed by atoms with Crippen molar-refractivity contribution in [1.29, 1.82) is 0 Å². The second kappa shape index (κ2) is 9.59. The van der Waals surface area contributed by atoms with Crippen LogP contribution in [0.3, 0.4) is 0 Å². The van der Waals surface area contributed by atoms with Gasteiger partial charge >= 0.3 is 6.03 Å². The number of urea groups is 1. The average Bonchev–Trinajstić information content (AvgIpc) is 3.13. The van der Waals surface area contributed by atoms with Crippen molar-refractivity contribution in [3.05, 3.63) is 41.5 Å². The molecule has 1 heterocycles. The van der Waals surface area contributed by atoms with Gasteiger partial charge in [-0.05, 0) is 30.5 Å². The summed E-state index contributed by atoms with van der Waals surface area (Å²) in [7, 11) is 1.76. The molecule has 0 bridgehead atoms. The van der Waals surface area contributed by atoms with Crippen molar-refractivity contribution in [2.24, 2.45) is 5.92 Å². The molecule has 2 aromatic rings. The first-order chi connectivity index (χ1) is 13.5. The number of carbonyl (C=O) groups is 2. The molecule has 150 valence electrons. The van der Waals surface area contributed by atoms with Crippen LogP contribution in [0.25, 0.3) is 0 Å². The van der Waals surface area contributed by atoms with Crippen LogP contribution in [0.4, 0.5) is 14.3 Å². The molecule has 1 fully saturated rings. The van der Waals surface area contributed by atoms with Crippen molar-refractivity contribution >= 4 is 28.6 Å². The van der Waals surface area contributed by atoms with Gasteiger partial charge in [0.1, 0.15) is 5.82 Å². The highest BCUT2D eigenvalue weighted by Gasteiger charge is 2.24. The molecule has 7 nitrogen and oxygen atoms in total. The topological polar surface area (TPSA) is 87.2 Å². The number of nitrogens with zero attached hydrogens (tertiary/aromatic N) is 3. The third-order valence-corrected chi connectivity index (χ3v) is 5.41. The molecule has 1 aromatic heterocycles. The number of aromatic nitrogens is 2. The van der Waals surface area contributed by atoms with Crippen molar-refractivity contribution in [3.63, 3.8) is 0 Å². The van der Waals surface area contributed by atoms with Gasteiger partial charge in [0.25, 0.3) is 0 Å². The molecular formula is C19H24FN5O2S. The van der Waals surface area contributed by atoms with Crippen LogP contribution in [0.1, 0.15) is 43.5 Å². The van der Waals surface area contributed by atoms with Gasteiger partial charge in [-0.3, -0.25) is 10.1 Å². The maximum absolute atomic E-state index is 13.1. The summed E-state index contributed by atoms with van der Waals surface area (Å²) in [6.07, 6.45) is 5.32. The van der Waals surface area contributed by atoms with Crippen LogP contribution in [0, 0.1) is 11.7 Å². The molecule has 1 aliphatic rings. The first kappa shape index (κ1) is 20.2. The molecule has 0 saturated heterocycles. The molecule has 0 atom stereocenters. The lowest BCUT2D eigenvalue weighted by Gasteiger charge is -2.25. The highest BCUT2D eigenvalue weighted by atomic mass is 32.1. The number of nitrogens with one attached hydrogen (secondary N) is 2. The Bertz CT molecular complexity index is 822. The summed E-state index contributed by atoms with van der Waals surface area (Å²) in [4.78, 5) is 30.4. The third kappa shape index (κ3) is 5.72. The van der Waals surface area contributed by atoms with Gasteiger partial charge in [0.2, 0.25) is 11.0 Å². The molecule has 1 aromatic carbocycles. The zero-order valence-electron chi connectivity index (χ0n) is 15.8. The van der Waals surface area contributed by atoms with E-state index in [0.717, 1.165) is 37.2 Å². The first-order valence-corrected chi connectivity index (χ1v) is 10.2. The van der Waals surface area contributed by atoms with Gasteiger partial charge in [-0.25, -0.2) is 14.2 Å². The minimum Gasteiger partial charge on any atom is -0.338 e. The predicted molar refractivity (Wildman–Crippen MR) is 105 cm³/mol. The van der Waals surface area contributed by atoms with Crippen molar-refractivity contribution in [3.8, 4) is 0 Å². The van der Waals surface area contributed by atoms with Crippen LogP contribution >= 0.6 is 11.5 Å². The molecule has 9 heteroatoms. The molecule has 1 aliphatic carbocycles. The van der Waals surface area contributed by atoms with E-state index in [9.17, 15) is 14.0 Å². The van der Waals surface area contributed by atoms with E-state index in [1.165, 1.54) is 18.6 Å². The fourth-order valence-electron chi connectivity index (χ4n) is 3.29. The number of hydrogen-bond acceptors (Lipinski definition) is 5. The molecule has 3 rings (SSSR count). The lowest BCUT2D eigenvalue weighted by Crippen LogP contribution is -2.33. The summed E-state index contributed by atoms with van der Waals surface area (Å²) in [6, 6.07) is 5.58. The number of anilines is 1. The van der Waals surface area contributed by atoms with Crippen LogP contribution in [-0.4, -0.2) is 33.2 Å². The maximum atomic E-state index is 13.1. The first-order valence-electron chi connectivity index (χ1n) is 9.38. The lowest BCUT2D eigenvalue weighted by atomic mass is 9.88. The summed E-state index contributed by atoms with van der Waals surface area (Å²) in [5.41, 5.74) is 0.663. The number of carbonyl (C=O) groups excluding carboxylic acids is 2. The van der Waals surface area contributed by atoms with E-state index in [4.69, 9.17) is 0 Å². The second-order valence-corrected chi connectivity index (χ2v) is 7.73. The molecule has 28 heavy (non-hydrogen) atoms. The molecule has 0 aliphatic heterocycles. The lowest BCUT2D eigenvalue weighted by molar-refractivity contribution is -0.135. The summed E-state index contributed by atoms with van der Waals surface area (Å²) in [5.74, 6) is 0.387. The number of hydrogen-bond donors (Lipinski definition) is 2. The van der Waals surface area contributed by atoms with Gasteiger partial charge in [-0.2, -0.15) is 4.37 Å². The number of halogens is 1. The Morgan fingerprint density at radius 3 is 2.82 bits per heavy atom. The van der Waals surface area contributed by atoms with Crippen LogP contribution in [-0.2, 0) is 17.9 Å². The van der Waals surface area contributed by atoms with Crippen LogP contribution < -0.4 is 10.6 Å². The van der Waals surface area contributed by atoms with E-state index in [1.807, 2.05) is 0 Å². The number of rotatable bonds is 6. The Morgan fingerprint density at radius 1 is 1.29 bits per heavy atom. The van der Waals surface area contributed by atoms with Gasteiger partial charge in [0, 0.05) is 31.0 Å². The molecule has 0 radical (unpaired) electrons. The minimum absolute atomic E-state index is 0.101. The van der Waals surface area contributed by atoms with Crippen molar-refractivity contribution in [2.75, 3.05) is 12.4 Å². The van der Waals surface area contributed by atoms with Gasteiger partial charge < -0.3 is 10.2 Å². The van der Waals surface area contributed by atoms with E-state index < -0.39 is 6.03 Å². The fourth-order valence-corrected chi connectivity index (χ4v) is 3.87. The monoisotopic (exact) mass is 405 g/mol. The van der Waals surface area contributed by atoms with Crippen molar-refractivity contribution < 1.29 is 14.0 Å². The van der Waals surface area contributed by atoms with Gasteiger partial charge in [0.15, 0.2) is 5.82 Å². The number of amides is 3. The largest absolute Gasteiger partial charge is 0.338 e. The van der Waals surface area contributed by atoms with Gasteiger partial charge in [-0.1, -0.05) is 31.4 Å². The molecular weight excluding hydrogens is 381 g/mol.